The van der Waals surface area contributed by atoms with Crippen LogP contribution in [0.5, 0.6) is 0 Å². The van der Waals surface area contributed by atoms with Crippen LogP contribution in [-0.4, -0.2) is 77.7 Å². The van der Waals surface area contributed by atoms with Gasteiger partial charge >= 0.3 is 5.69 Å². The van der Waals surface area contributed by atoms with Crippen molar-refractivity contribution in [2.24, 2.45) is 0 Å². The molecule has 0 amide bonds. The first kappa shape index (κ1) is 17.3. The number of ether oxygens (including phenoxy) is 1. The van der Waals surface area contributed by atoms with Crippen molar-refractivity contribution in [3.63, 3.8) is 0 Å². The minimum Gasteiger partial charge on any atom is -0.395 e. The standard InChI is InChI=1S/C13H21N5O5/c1-10-11(18(21)22)12(16(2-6-19)3-7-20)15-13(14-10)17-4-8-23-9-5-17/h19-20H,2-9H2,1H3. The predicted molar refractivity (Wildman–Crippen MR) is 82.8 cm³/mol. The third-order valence-electron chi connectivity index (χ3n) is 3.54. The Morgan fingerprint density at radius 1 is 1.26 bits per heavy atom. The zero-order valence-electron chi connectivity index (χ0n) is 13.0. The first-order valence-corrected chi connectivity index (χ1v) is 7.41. The second-order valence-corrected chi connectivity index (χ2v) is 5.07. The molecule has 0 saturated carbocycles. The number of aromatic nitrogens is 2. The van der Waals surface area contributed by atoms with E-state index < -0.39 is 4.92 Å². The molecule has 23 heavy (non-hydrogen) atoms. The zero-order valence-corrected chi connectivity index (χ0v) is 13.0. The second kappa shape index (κ2) is 7.99. The van der Waals surface area contributed by atoms with E-state index in [1.807, 2.05) is 4.90 Å². The molecule has 1 aliphatic heterocycles. The fourth-order valence-electron chi connectivity index (χ4n) is 2.44. The lowest BCUT2D eigenvalue weighted by Gasteiger charge is -2.28. The van der Waals surface area contributed by atoms with Crippen LogP contribution in [0, 0.1) is 17.0 Å². The quantitative estimate of drug-likeness (QED) is 0.495. The Morgan fingerprint density at radius 3 is 2.39 bits per heavy atom. The van der Waals surface area contributed by atoms with Crippen molar-refractivity contribution >= 4 is 17.5 Å². The van der Waals surface area contributed by atoms with Gasteiger partial charge in [-0.1, -0.05) is 0 Å². The Bertz CT molecular complexity index is 544. The Kier molecular flexibility index (Phi) is 6.02. The fourth-order valence-corrected chi connectivity index (χ4v) is 2.44. The highest BCUT2D eigenvalue weighted by Gasteiger charge is 2.28. The molecule has 1 aromatic rings. The molecule has 0 unspecified atom stereocenters. The number of nitrogens with zero attached hydrogens (tertiary/aromatic N) is 5. The van der Waals surface area contributed by atoms with Gasteiger partial charge in [-0.2, -0.15) is 4.98 Å². The van der Waals surface area contributed by atoms with Crippen LogP contribution in [-0.2, 0) is 4.74 Å². The Balaban J connectivity index is 2.46. The van der Waals surface area contributed by atoms with E-state index in [0.717, 1.165) is 0 Å². The predicted octanol–water partition coefficient (Wildman–Crippen LogP) is -0.679. The monoisotopic (exact) mass is 327 g/mol. The fraction of sp³-hybridized carbons (Fsp3) is 0.692. The summed E-state index contributed by atoms with van der Waals surface area (Å²) in [7, 11) is 0. The first-order valence-electron chi connectivity index (χ1n) is 7.41. The molecule has 2 N–H and O–H groups in total. The molecule has 0 aliphatic carbocycles. The average molecular weight is 327 g/mol. The molecule has 1 fully saturated rings. The van der Waals surface area contributed by atoms with Crippen LogP contribution in [0.4, 0.5) is 17.5 Å². The van der Waals surface area contributed by atoms with Crippen molar-refractivity contribution in [1.29, 1.82) is 0 Å². The van der Waals surface area contributed by atoms with E-state index in [2.05, 4.69) is 9.97 Å². The molecule has 0 bridgehead atoms. The normalized spacial score (nSPS) is 14.8. The number of hydrogen-bond donors (Lipinski definition) is 2. The van der Waals surface area contributed by atoms with Gasteiger partial charge in [0, 0.05) is 26.2 Å². The summed E-state index contributed by atoms with van der Waals surface area (Å²) < 4.78 is 5.29. The first-order chi connectivity index (χ1) is 11.1. The lowest BCUT2D eigenvalue weighted by molar-refractivity contribution is -0.385. The molecule has 0 radical (unpaired) electrons. The van der Waals surface area contributed by atoms with Crippen LogP contribution in [0.1, 0.15) is 5.69 Å². The molecule has 1 aromatic heterocycles. The van der Waals surface area contributed by atoms with Gasteiger partial charge in [0.25, 0.3) is 0 Å². The Morgan fingerprint density at radius 2 is 1.87 bits per heavy atom. The highest BCUT2D eigenvalue weighted by molar-refractivity contribution is 5.63. The number of anilines is 2. The van der Waals surface area contributed by atoms with Crippen molar-refractivity contribution in [1.82, 2.24) is 9.97 Å². The maximum Gasteiger partial charge on any atom is 0.332 e. The maximum absolute atomic E-state index is 11.4. The molecule has 128 valence electrons. The number of aliphatic hydroxyl groups excluding tert-OH is 2. The highest BCUT2D eigenvalue weighted by Crippen LogP contribution is 2.30. The summed E-state index contributed by atoms with van der Waals surface area (Å²) in [6, 6.07) is 0. The molecule has 10 nitrogen and oxygen atoms in total. The maximum atomic E-state index is 11.4. The van der Waals surface area contributed by atoms with Crippen molar-refractivity contribution in [2.75, 3.05) is 62.4 Å². The van der Waals surface area contributed by atoms with Crippen molar-refractivity contribution < 1.29 is 19.9 Å². The molecular formula is C13H21N5O5. The number of aliphatic hydroxyl groups is 2. The minimum atomic E-state index is -0.532. The van der Waals surface area contributed by atoms with Gasteiger partial charge in [0.1, 0.15) is 5.69 Å². The van der Waals surface area contributed by atoms with Crippen LogP contribution in [0.25, 0.3) is 0 Å². The molecule has 10 heteroatoms. The van der Waals surface area contributed by atoms with Crippen LogP contribution >= 0.6 is 0 Å². The summed E-state index contributed by atoms with van der Waals surface area (Å²) in [5.41, 5.74) is 0.0475. The lowest BCUT2D eigenvalue weighted by Crippen LogP contribution is -2.38. The van der Waals surface area contributed by atoms with Gasteiger partial charge in [-0.05, 0) is 6.92 Å². The van der Waals surface area contributed by atoms with Crippen LogP contribution < -0.4 is 9.80 Å². The molecule has 2 rings (SSSR count). The van der Waals surface area contributed by atoms with E-state index in [-0.39, 0.29) is 43.5 Å². The largest absolute Gasteiger partial charge is 0.395 e. The van der Waals surface area contributed by atoms with Crippen molar-refractivity contribution in [2.45, 2.75) is 6.92 Å². The average Bonchev–Trinajstić information content (AvgIpc) is 2.54. The molecule has 0 aromatic carbocycles. The highest BCUT2D eigenvalue weighted by atomic mass is 16.6. The van der Waals surface area contributed by atoms with Gasteiger partial charge in [0.15, 0.2) is 0 Å². The summed E-state index contributed by atoms with van der Waals surface area (Å²) in [4.78, 5) is 22.8. The smallest absolute Gasteiger partial charge is 0.332 e. The summed E-state index contributed by atoms with van der Waals surface area (Å²) in [5, 5.41) is 29.7. The Labute approximate surface area is 133 Å². The van der Waals surface area contributed by atoms with E-state index >= 15 is 0 Å². The number of aryl methyl sites for hydroxylation is 1. The zero-order chi connectivity index (χ0) is 16.8. The number of nitro groups is 1. The summed E-state index contributed by atoms with van der Waals surface area (Å²) in [6.45, 7) is 3.75. The molecule has 1 saturated heterocycles. The number of hydrogen-bond acceptors (Lipinski definition) is 9. The van der Waals surface area contributed by atoms with E-state index in [4.69, 9.17) is 4.74 Å². The molecular weight excluding hydrogens is 306 g/mol. The van der Waals surface area contributed by atoms with Crippen LogP contribution in [0.3, 0.4) is 0 Å². The van der Waals surface area contributed by atoms with Gasteiger partial charge < -0.3 is 24.7 Å². The summed E-state index contributed by atoms with van der Waals surface area (Å²) >= 11 is 0. The number of morpholine rings is 1. The molecule has 0 spiro atoms. The van der Waals surface area contributed by atoms with Crippen molar-refractivity contribution in [3.8, 4) is 0 Å². The minimum absolute atomic E-state index is 0.118. The topological polar surface area (TPSA) is 125 Å². The SMILES string of the molecule is Cc1nc(N2CCOCC2)nc(N(CCO)CCO)c1[N+](=O)[O-]. The third-order valence-corrected chi connectivity index (χ3v) is 3.54. The lowest BCUT2D eigenvalue weighted by atomic mass is 10.3. The van der Waals surface area contributed by atoms with Crippen molar-refractivity contribution in [3.05, 3.63) is 15.8 Å². The van der Waals surface area contributed by atoms with E-state index in [0.29, 0.717) is 32.3 Å². The number of rotatable bonds is 7. The van der Waals surface area contributed by atoms with Crippen LogP contribution in [0.15, 0.2) is 0 Å². The summed E-state index contributed by atoms with van der Waals surface area (Å²) in [6.07, 6.45) is 0. The van der Waals surface area contributed by atoms with Gasteiger partial charge in [0.2, 0.25) is 11.8 Å². The van der Waals surface area contributed by atoms with Gasteiger partial charge in [-0.15, -0.1) is 0 Å². The van der Waals surface area contributed by atoms with E-state index in [1.165, 1.54) is 4.90 Å². The van der Waals surface area contributed by atoms with Crippen LogP contribution in [0.2, 0.25) is 0 Å². The Hall–Kier alpha value is -2.04. The van der Waals surface area contributed by atoms with Gasteiger partial charge in [-0.25, -0.2) is 4.98 Å². The third kappa shape index (κ3) is 4.03. The second-order valence-electron chi connectivity index (χ2n) is 5.07. The summed E-state index contributed by atoms with van der Waals surface area (Å²) in [5.74, 6) is 0.513. The molecule has 2 heterocycles. The molecule has 1 aliphatic rings. The van der Waals surface area contributed by atoms with Gasteiger partial charge in [-0.3, -0.25) is 10.1 Å². The van der Waals surface area contributed by atoms with Gasteiger partial charge in [0.05, 0.1) is 31.4 Å². The molecule has 0 atom stereocenters. The van der Waals surface area contributed by atoms with E-state index in [9.17, 15) is 20.3 Å². The van der Waals surface area contributed by atoms with E-state index in [1.54, 1.807) is 6.92 Å².